The summed E-state index contributed by atoms with van der Waals surface area (Å²) in [6, 6.07) is 0. The molecule has 2 amide bonds. The average molecular weight is 258 g/mol. The molecule has 0 spiro atoms. The first-order valence-electron chi connectivity index (χ1n) is 6.66. The Labute approximate surface area is 109 Å². The Hall–Kier alpha value is -0.350. The monoisotopic (exact) mass is 258 g/mol. The number of likely N-dealkylation sites (tertiary alicyclic amines) is 1. The van der Waals surface area contributed by atoms with Crippen molar-refractivity contribution in [2.45, 2.75) is 64.0 Å². The lowest BCUT2D eigenvalue weighted by Crippen LogP contribution is -2.43. The van der Waals surface area contributed by atoms with Gasteiger partial charge in [0.2, 0.25) is 0 Å². The van der Waals surface area contributed by atoms with E-state index in [0.29, 0.717) is 18.1 Å². The van der Waals surface area contributed by atoms with Crippen LogP contribution in [0.1, 0.15) is 58.8 Å². The summed E-state index contributed by atoms with van der Waals surface area (Å²) < 4.78 is -0.0232. The fraction of sp³-hybridized carbons (Fsp3) is 0.846. The van der Waals surface area contributed by atoms with E-state index < -0.39 is 0 Å². The molecule has 0 aromatic rings. The Morgan fingerprint density at radius 1 is 1.18 bits per heavy atom. The second-order valence-corrected chi connectivity index (χ2v) is 6.45. The summed E-state index contributed by atoms with van der Waals surface area (Å²) in [5.41, 5.74) is 0. The predicted molar refractivity (Wildman–Crippen MR) is 71.2 cm³/mol. The standard InChI is InChI=1S/C13H24NO2S/c1-4-6-7-8-11(5-2)17-14(3)12(15)9-10-13(14)16/h11H,4-10H2,1-3H3/q+1. The highest BCUT2D eigenvalue weighted by atomic mass is 32.2. The summed E-state index contributed by atoms with van der Waals surface area (Å²) in [5.74, 6) is 0.155. The zero-order valence-corrected chi connectivity index (χ0v) is 12.0. The van der Waals surface area contributed by atoms with Crippen LogP contribution in [0.15, 0.2) is 0 Å². The van der Waals surface area contributed by atoms with Gasteiger partial charge < -0.3 is 0 Å². The zero-order chi connectivity index (χ0) is 12.9. The lowest BCUT2D eigenvalue weighted by atomic mass is 10.1. The molecule has 1 saturated heterocycles. The number of rotatable bonds is 7. The van der Waals surface area contributed by atoms with Gasteiger partial charge in [-0.3, -0.25) is 0 Å². The van der Waals surface area contributed by atoms with Crippen molar-refractivity contribution >= 4 is 23.8 Å². The van der Waals surface area contributed by atoms with Crippen molar-refractivity contribution in [1.82, 2.24) is 0 Å². The molecule has 0 aliphatic carbocycles. The second kappa shape index (κ2) is 6.55. The molecule has 0 aromatic carbocycles. The maximum Gasteiger partial charge on any atom is 0.333 e. The minimum absolute atomic E-state index is 0.0232. The minimum Gasteiger partial charge on any atom is -0.229 e. The third-order valence-corrected chi connectivity index (χ3v) is 5.15. The van der Waals surface area contributed by atoms with Crippen molar-refractivity contribution in [2.75, 3.05) is 7.05 Å². The first-order valence-corrected chi connectivity index (χ1v) is 7.50. The van der Waals surface area contributed by atoms with Gasteiger partial charge in [0.05, 0.1) is 37.1 Å². The van der Waals surface area contributed by atoms with Crippen LogP contribution in [0.25, 0.3) is 0 Å². The summed E-state index contributed by atoms with van der Waals surface area (Å²) in [7, 11) is 1.77. The first kappa shape index (κ1) is 14.7. The normalized spacial score (nSPS) is 20.9. The molecule has 0 saturated carbocycles. The Morgan fingerprint density at radius 2 is 1.76 bits per heavy atom. The van der Waals surface area contributed by atoms with Gasteiger partial charge in [-0.25, -0.2) is 9.59 Å². The van der Waals surface area contributed by atoms with Gasteiger partial charge in [-0.2, -0.15) is 0 Å². The van der Waals surface area contributed by atoms with Gasteiger partial charge in [0.1, 0.15) is 0 Å². The van der Waals surface area contributed by atoms with Crippen LogP contribution in [0.4, 0.5) is 0 Å². The van der Waals surface area contributed by atoms with Crippen LogP contribution in [-0.4, -0.2) is 28.0 Å². The molecule has 3 nitrogen and oxygen atoms in total. The first-order chi connectivity index (χ1) is 8.04. The molecule has 1 rings (SSSR count). The molecule has 1 atom stereocenters. The number of unbranched alkanes of at least 4 members (excludes halogenated alkanes) is 2. The molecule has 1 aliphatic rings. The molecule has 4 heteroatoms. The highest BCUT2D eigenvalue weighted by molar-refractivity contribution is 7.95. The van der Waals surface area contributed by atoms with Gasteiger partial charge in [0.25, 0.3) is 0 Å². The molecule has 1 heterocycles. The quantitative estimate of drug-likeness (QED) is 0.304. The number of carbonyl (C=O) groups excluding carboxylic acids is 2. The van der Waals surface area contributed by atoms with Crippen LogP contribution in [-0.2, 0) is 9.59 Å². The van der Waals surface area contributed by atoms with E-state index in [9.17, 15) is 9.59 Å². The molecule has 1 fully saturated rings. The van der Waals surface area contributed by atoms with E-state index in [1.54, 1.807) is 19.0 Å². The van der Waals surface area contributed by atoms with Gasteiger partial charge in [0.15, 0.2) is 0 Å². The Balaban J connectivity index is 2.54. The molecule has 0 bridgehead atoms. The summed E-state index contributed by atoms with van der Waals surface area (Å²) in [4.78, 5) is 23.6. The maximum absolute atomic E-state index is 11.8. The van der Waals surface area contributed by atoms with Crippen molar-refractivity contribution in [3.8, 4) is 0 Å². The molecule has 1 aliphatic heterocycles. The van der Waals surface area contributed by atoms with Crippen molar-refractivity contribution in [3.05, 3.63) is 0 Å². The van der Waals surface area contributed by atoms with Gasteiger partial charge in [-0.15, -0.1) is 3.89 Å². The lowest BCUT2D eigenvalue weighted by Gasteiger charge is -2.25. The van der Waals surface area contributed by atoms with E-state index in [1.165, 1.54) is 19.3 Å². The highest BCUT2D eigenvalue weighted by Gasteiger charge is 2.48. The van der Waals surface area contributed by atoms with Gasteiger partial charge >= 0.3 is 11.8 Å². The van der Waals surface area contributed by atoms with Crippen molar-refractivity contribution in [3.63, 3.8) is 0 Å². The van der Waals surface area contributed by atoms with E-state index in [2.05, 4.69) is 13.8 Å². The highest BCUT2D eigenvalue weighted by Crippen LogP contribution is 2.36. The van der Waals surface area contributed by atoms with E-state index in [-0.39, 0.29) is 15.7 Å². The van der Waals surface area contributed by atoms with Crippen LogP contribution in [0.3, 0.4) is 0 Å². The van der Waals surface area contributed by atoms with Gasteiger partial charge in [0, 0.05) is 0 Å². The number of nitrogens with zero attached hydrogens (tertiary/aromatic N) is 1. The number of hydrogen-bond acceptors (Lipinski definition) is 3. The third kappa shape index (κ3) is 3.55. The molecule has 0 radical (unpaired) electrons. The molecule has 17 heavy (non-hydrogen) atoms. The minimum atomic E-state index is -0.0232. The molecule has 98 valence electrons. The number of quaternary nitrogens is 1. The summed E-state index contributed by atoms with van der Waals surface area (Å²) in [6.45, 7) is 4.33. The second-order valence-electron chi connectivity index (χ2n) is 4.84. The fourth-order valence-corrected chi connectivity index (χ4v) is 3.58. The molecule has 1 unspecified atom stereocenters. The average Bonchev–Trinajstić information content (AvgIpc) is 2.56. The Morgan fingerprint density at radius 3 is 2.24 bits per heavy atom. The van der Waals surface area contributed by atoms with Crippen molar-refractivity contribution in [2.24, 2.45) is 0 Å². The summed E-state index contributed by atoms with van der Waals surface area (Å²) >= 11 is 1.56. The summed E-state index contributed by atoms with van der Waals surface area (Å²) in [5, 5.41) is 0.428. The smallest absolute Gasteiger partial charge is 0.229 e. The molecular weight excluding hydrogens is 234 g/mol. The van der Waals surface area contributed by atoms with E-state index >= 15 is 0 Å². The number of hydrogen-bond donors (Lipinski definition) is 0. The topological polar surface area (TPSA) is 34.1 Å². The van der Waals surface area contributed by atoms with E-state index in [0.717, 1.165) is 12.8 Å². The van der Waals surface area contributed by atoms with Gasteiger partial charge in [-0.05, 0) is 12.8 Å². The lowest BCUT2D eigenvalue weighted by molar-refractivity contribution is -0.605. The van der Waals surface area contributed by atoms with Crippen LogP contribution in [0.2, 0.25) is 0 Å². The van der Waals surface area contributed by atoms with Crippen LogP contribution >= 0.6 is 11.9 Å². The maximum atomic E-state index is 11.8. The SMILES string of the molecule is CCCCCC(CC)S[N+]1(C)C(=O)CCC1=O. The largest absolute Gasteiger partial charge is 0.333 e. The fourth-order valence-electron chi connectivity index (χ4n) is 2.15. The van der Waals surface area contributed by atoms with Crippen LogP contribution in [0.5, 0.6) is 0 Å². The van der Waals surface area contributed by atoms with Crippen molar-refractivity contribution < 1.29 is 13.5 Å². The molecular formula is C13H24NO2S+. The number of imide groups is 1. The van der Waals surface area contributed by atoms with E-state index in [1.807, 2.05) is 0 Å². The Kier molecular flexibility index (Phi) is 5.67. The van der Waals surface area contributed by atoms with E-state index in [4.69, 9.17) is 0 Å². The zero-order valence-electron chi connectivity index (χ0n) is 11.2. The predicted octanol–water partition coefficient (Wildman–Crippen LogP) is 3.29. The Bertz CT molecular complexity index is 275. The van der Waals surface area contributed by atoms with Crippen LogP contribution in [0, 0.1) is 0 Å². The number of carbonyl (C=O) groups is 2. The van der Waals surface area contributed by atoms with Gasteiger partial charge in [-0.1, -0.05) is 33.1 Å². The molecule has 0 aromatic heterocycles. The van der Waals surface area contributed by atoms with Crippen molar-refractivity contribution in [1.29, 1.82) is 0 Å². The molecule has 0 N–H and O–H groups in total. The number of amides is 2. The summed E-state index contributed by atoms with van der Waals surface area (Å²) in [6.07, 6.45) is 6.64. The third-order valence-electron chi connectivity index (χ3n) is 3.45. The van der Waals surface area contributed by atoms with Crippen LogP contribution < -0.4 is 0 Å².